The molecule has 1 saturated heterocycles. The van der Waals surface area contributed by atoms with Gasteiger partial charge in [0, 0.05) is 44.7 Å². The van der Waals surface area contributed by atoms with Crippen LogP contribution in [0, 0.1) is 5.82 Å². The van der Waals surface area contributed by atoms with Crippen LogP contribution in [0.5, 0.6) is 0 Å². The Bertz CT molecular complexity index is 1220. The monoisotopic (exact) mass is 585 g/mol. The van der Waals surface area contributed by atoms with Crippen LogP contribution in [0.3, 0.4) is 0 Å². The topological polar surface area (TPSA) is 141 Å². The van der Waals surface area contributed by atoms with Crippen LogP contribution < -0.4 is 10.6 Å². The van der Waals surface area contributed by atoms with E-state index in [-0.39, 0.29) is 56.1 Å². The number of unbranched alkanes of at least 4 members (excludes halogenated alkanes) is 2. The van der Waals surface area contributed by atoms with E-state index in [1.807, 2.05) is 13.8 Å². The molecule has 3 rings (SSSR count). The maximum Gasteiger partial charge on any atom is 0.409 e. The van der Waals surface area contributed by atoms with Gasteiger partial charge in [0.2, 0.25) is 5.91 Å². The summed E-state index contributed by atoms with van der Waals surface area (Å²) in [5.74, 6) is -2.91. The van der Waals surface area contributed by atoms with Crippen molar-refractivity contribution in [2.75, 3.05) is 44.6 Å². The van der Waals surface area contributed by atoms with Gasteiger partial charge < -0.3 is 30.3 Å². The highest BCUT2D eigenvalue weighted by molar-refractivity contribution is 5.97. The quantitative estimate of drug-likeness (QED) is 0.281. The molecule has 2 heterocycles. The Morgan fingerprint density at radius 3 is 2.33 bits per heavy atom. The van der Waals surface area contributed by atoms with E-state index in [0.29, 0.717) is 18.7 Å². The molecule has 2 aromatic rings. The number of carboxylic acids is 1. The van der Waals surface area contributed by atoms with Crippen LogP contribution in [0.2, 0.25) is 0 Å². The minimum atomic E-state index is -1.15. The van der Waals surface area contributed by atoms with E-state index < -0.39 is 35.7 Å². The van der Waals surface area contributed by atoms with Crippen LogP contribution in [0.15, 0.2) is 36.4 Å². The number of piperazine rings is 1. The normalized spacial score (nSPS) is 13.8. The molecular weight excluding hydrogens is 545 g/mol. The average Bonchev–Trinajstić information content (AvgIpc) is 3.00. The summed E-state index contributed by atoms with van der Waals surface area (Å²) >= 11 is 0. The fourth-order valence-corrected chi connectivity index (χ4v) is 4.44. The number of pyridine rings is 1. The zero-order chi connectivity index (χ0) is 30.5. The Labute approximate surface area is 245 Å². The highest BCUT2D eigenvalue weighted by Gasteiger charge is 2.31. The second-order valence-electron chi connectivity index (χ2n) is 10.1. The summed E-state index contributed by atoms with van der Waals surface area (Å²) in [7, 11) is 0. The fraction of sp³-hybridized carbons (Fsp3) is 0.500. The molecule has 1 atom stereocenters. The van der Waals surface area contributed by atoms with Crippen molar-refractivity contribution in [1.82, 2.24) is 20.1 Å². The molecule has 3 N–H and O–H groups in total. The zero-order valence-electron chi connectivity index (χ0n) is 24.2. The predicted octanol–water partition coefficient (Wildman–Crippen LogP) is 4.14. The maximum atomic E-state index is 15.4. The lowest BCUT2D eigenvalue weighted by Crippen LogP contribution is -2.56. The molecule has 1 unspecified atom stereocenters. The van der Waals surface area contributed by atoms with Gasteiger partial charge in [-0.05, 0) is 25.3 Å². The first kappa shape index (κ1) is 32.3. The number of aromatic nitrogens is 1. The highest BCUT2D eigenvalue weighted by Crippen LogP contribution is 2.27. The lowest BCUT2D eigenvalue weighted by atomic mass is 10.1. The third-order valence-electron chi connectivity index (χ3n) is 6.91. The second kappa shape index (κ2) is 16.3. The van der Waals surface area contributed by atoms with Gasteiger partial charge in [0.1, 0.15) is 17.4 Å². The maximum absolute atomic E-state index is 15.4. The molecule has 42 heavy (non-hydrogen) atoms. The van der Waals surface area contributed by atoms with Gasteiger partial charge >= 0.3 is 12.1 Å². The molecule has 1 aromatic carbocycles. The second-order valence-corrected chi connectivity index (χ2v) is 10.1. The molecule has 3 amide bonds. The first-order valence-electron chi connectivity index (χ1n) is 14.5. The van der Waals surface area contributed by atoms with E-state index in [1.54, 1.807) is 30.3 Å². The van der Waals surface area contributed by atoms with Gasteiger partial charge in [-0.15, -0.1) is 0 Å². The Morgan fingerprint density at radius 1 is 1.02 bits per heavy atom. The zero-order valence-corrected chi connectivity index (χ0v) is 24.2. The molecular formula is C30H40FN5O6. The number of aliphatic carboxylic acids is 1. The molecule has 11 nitrogen and oxygen atoms in total. The van der Waals surface area contributed by atoms with E-state index in [4.69, 9.17) is 4.74 Å². The third kappa shape index (κ3) is 9.15. The van der Waals surface area contributed by atoms with Crippen molar-refractivity contribution < 1.29 is 33.4 Å². The van der Waals surface area contributed by atoms with Crippen molar-refractivity contribution in [3.8, 4) is 11.3 Å². The van der Waals surface area contributed by atoms with Crippen molar-refractivity contribution in [3.05, 3.63) is 47.9 Å². The first-order valence-corrected chi connectivity index (χ1v) is 14.5. The highest BCUT2D eigenvalue weighted by atomic mass is 19.1. The number of carboxylic acid groups (broad SMARTS) is 1. The van der Waals surface area contributed by atoms with Gasteiger partial charge in [0.05, 0.1) is 12.3 Å². The molecule has 1 aromatic heterocycles. The van der Waals surface area contributed by atoms with Gasteiger partial charge in [0.25, 0.3) is 5.91 Å². The Hall–Kier alpha value is -4.22. The lowest BCUT2D eigenvalue weighted by Gasteiger charge is -2.36. The number of benzene rings is 1. The fourth-order valence-electron chi connectivity index (χ4n) is 4.44. The molecule has 0 bridgehead atoms. The molecule has 1 aliphatic rings. The van der Waals surface area contributed by atoms with Crippen molar-refractivity contribution in [3.63, 3.8) is 0 Å². The number of carbonyl (C=O) groups excluding carboxylic acids is 3. The number of ether oxygens (including phenoxy) is 1. The average molecular weight is 586 g/mol. The van der Waals surface area contributed by atoms with Gasteiger partial charge in [-0.3, -0.25) is 14.4 Å². The summed E-state index contributed by atoms with van der Waals surface area (Å²) in [4.78, 5) is 57.8. The summed E-state index contributed by atoms with van der Waals surface area (Å²) < 4.78 is 20.7. The standard InChI is InChI=1S/C30H40FN5O6/c1-3-5-14-32-23-20-24(33-27(26(23)31)21-10-8-7-9-11-21)28(39)34-22(12-13-25(37)38)29(40)35-15-17-36(18-16-35)30(41)42-19-6-4-2/h7-11,20,22H,3-6,12-19H2,1-2H3,(H,32,33)(H,34,39)(H,37,38). The molecule has 1 aliphatic heterocycles. The largest absolute Gasteiger partial charge is 0.481 e. The van der Waals surface area contributed by atoms with E-state index in [1.165, 1.54) is 15.9 Å². The van der Waals surface area contributed by atoms with E-state index >= 15 is 4.39 Å². The molecule has 0 spiro atoms. The molecule has 0 radical (unpaired) electrons. The number of nitrogens with one attached hydrogen (secondary N) is 2. The summed E-state index contributed by atoms with van der Waals surface area (Å²) in [6, 6.07) is 8.76. The third-order valence-corrected chi connectivity index (χ3v) is 6.91. The van der Waals surface area contributed by atoms with E-state index in [2.05, 4.69) is 15.6 Å². The minimum absolute atomic E-state index is 0.0161. The van der Waals surface area contributed by atoms with Gasteiger partial charge in [0.15, 0.2) is 5.82 Å². The number of anilines is 1. The molecule has 228 valence electrons. The van der Waals surface area contributed by atoms with Gasteiger partial charge in [-0.25, -0.2) is 14.2 Å². The number of amides is 3. The molecule has 0 aliphatic carbocycles. The van der Waals surface area contributed by atoms with Crippen molar-refractivity contribution in [2.45, 2.75) is 58.4 Å². The van der Waals surface area contributed by atoms with Crippen LogP contribution >= 0.6 is 0 Å². The number of hydrogen-bond acceptors (Lipinski definition) is 7. The predicted molar refractivity (Wildman–Crippen MR) is 156 cm³/mol. The van der Waals surface area contributed by atoms with Crippen LogP contribution in [0.1, 0.15) is 62.9 Å². The lowest BCUT2D eigenvalue weighted by molar-refractivity contribution is -0.138. The van der Waals surface area contributed by atoms with E-state index in [9.17, 15) is 24.3 Å². The number of rotatable bonds is 14. The number of hydrogen-bond donors (Lipinski definition) is 3. The summed E-state index contributed by atoms with van der Waals surface area (Å²) in [5, 5.41) is 14.9. The van der Waals surface area contributed by atoms with Crippen molar-refractivity contribution in [1.29, 1.82) is 0 Å². The molecule has 0 saturated carbocycles. The smallest absolute Gasteiger partial charge is 0.409 e. The Morgan fingerprint density at radius 2 is 1.69 bits per heavy atom. The summed E-state index contributed by atoms with van der Waals surface area (Å²) in [5.41, 5.74) is 0.463. The van der Waals surface area contributed by atoms with Gasteiger partial charge in [-0.2, -0.15) is 0 Å². The number of halogens is 1. The van der Waals surface area contributed by atoms with Crippen LogP contribution in [0.25, 0.3) is 11.3 Å². The number of nitrogens with zero attached hydrogens (tertiary/aromatic N) is 3. The summed E-state index contributed by atoms with van der Waals surface area (Å²) in [6.07, 6.45) is 2.41. The molecule has 12 heteroatoms. The van der Waals surface area contributed by atoms with Crippen LogP contribution in [0.4, 0.5) is 14.9 Å². The first-order chi connectivity index (χ1) is 20.2. The SMILES string of the molecule is CCCCNc1cc(C(=O)NC(CCC(=O)O)C(=O)N2CCN(C(=O)OCCCC)CC2)nc(-c2ccccc2)c1F. The number of carbonyl (C=O) groups is 4. The Kier molecular flexibility index (Phi) is 12.5. The van der Waals surface area contributed by atoms with Gasteiger partial charge in [-0.1, -0.05) is 57.0 Å². The van der Waals surface area contributed by atoms with Crippen molar-refractivity contribution >= 4 is 29.6 Å². The Balaban J connectivity index is 1.78. The minimum Gasteiger partial charge on any atom is -0.481 e. The van der Waals surface area contributed by atoms with Crippen LogP contribution in [-0.2, 0) is 14.3 Å². The molecule has 1 fully saturated rings. The van der Waals surface area contributed by atoms with Crippen LogP contribution in [-0.4, -0.2) is 89.1 Å². The summed E-state index contributed by atoms with van der Waals surface area (Å²) in [6.45, 7) is 5.74. The van der Waals surface area contributed by atoms with E-state index in [0.717, 1.165) is 25.7 Å². The van der Waals surface area contributed by atoms with Crippen molar-refractivity contribution in [2.24, 2.45) is 0 Å².